The Labute approximate surface area is 163 Å². The number of sulfonamides is 1. The Morgan fingerprint density at radius 2 is 1.82 bits per heavy atom. The van der Waals surface area contributed by atoms with Gasteiger partial charge in [-0.25, -0.2) is 8.42 Å². The molecule has 1 amide bonds. The number of amides is 1. The van der Waals surface area contributed by atoms with Crippen molar-refractivity contribution in [3.63, 3.8) is 0 Å². The van der Waals surface area contributed by atoms with Crippen LogP contribution < -0.4 is 10.1 Å². The number of nitro groups is 1. The highest BCUT2D eigenvalue weighted by Gasteiger charge is 2.28. The third-order valence-electron chi connectivity index (χ3n) is 4.16. The predicted octanol–water partition coefficient (Wildman–Crippen LogP) is 2.48. The van der Waals surface area contributed by atoms with Gasteiger partial charge in [-0.15, -0.1) is 0 Å². The molecule has 0 saturated heterocycles. The second-order valence-electron chi connectivity index (χ2n) is 6.17. The molecule has 0 atom stereocenters. The molecule has 2 aromatic carbocycles. The van der Waals surface area contributed by atoms with Crippen molar-refractivity contribution < 1.29 is 22.9 Å². The Morgan fingerprint density at radius 1 is 1.21 bits per heavy atom. The zero-order valence-corrected chi connectivity index (χ0v) is 16.7. The lowest BCUT2D eigenvalue weighted by Gasteiger charge is -2.19. The summed E-state index contributed by atoms with van der Waals surface area (Å²) in [7, 11) is -1.64. The van der Waals surface area contributed by atoms with Gasteiger partial charge in [-0.2, -0.15) is 4.31 Å². The number of aryl methyl sites for hydroxylation is 2. The van der Waals surface area contributed by atoms with E-state index in [9.17, 15) is 23.3 Å². The van der Waals surface area contributed by atoms with Crippen LogP contribution in [-0.2, 0) is 14.8 Å². The topological polar surface area (TPSA) is 119 Å². The van der Waals surface area contributed by atoms with Crippen molar-refractivity contribution in [2.24, 2.45) is 0 Å². The van der Waals surface area contributed by atoms with Gasteiger partial charge in [0.15, 0.2) is 0 Å². The first-order chi connectivity index (χ1) is 13.1. The molecule has 0 heterocycles. The van der Waals surface area contributed by atoms with Crippen molar-refractivity contribution in [2.75, 3.05) is 26.0 Å². The second kappa shape index (κ2) is 8.36. The van der Waals surface area contributed by atoms with Crippen LogP contribution in [-0.4, -0.2) is 44.3 Å². The molecule has 0 bridgehead atoms. The first-order valence-electron chi connectivity index (χ1n) is 8.22. The summed E-state index contributed by atoms with van der Waals surface area (Å²) in [6, 6.07) is 8.72. The molecule has 2 aromatic rings. The van der Waals surface area contributed by atoms with Crippen LogP contribution in [0, 0.1) is 24.0 Å². The van der Waals surface area contributed by atoms with E-state index in [0.29, 0.717) is 5.69 Å². The largest absolute Gasteiger partial charge is 0.495 e. The summed E-state index contributed by atoms with van der Waals surface area (Å²) in [6.07, 6.45) is 0. The molecule has 0 fully saturated rings. The first-order valence-corrected chi connectivity index (χ1v) is 9.66. The fourth-order valence-electron chi connectivity index (χ4n) is 2.63. The number of carbonyl (C=O) groups is 1. The van der Waals surface area contributed by atoms with Crippen molar-refractivity contribution in [3.8, 4) is 5.75 Å². The van der Waals surface area contributed by atoms with Gasteiger partial charge in [-0.05, 0) is 31.0 Å². The van der Waals surface area contributed by atoms with Gasteiger partial charge < -0.3 is 10.1 Å². The maximum absolute atomic E-state index is 12.8. The lowest BCUT2D eigenvalue weighted by molar-refractivity contribution is -0.385. The maximum atomic E-state index is 12.8. The number of nitrogens with zero attached hydrogens (tertiary/aromatic N) is 2. The molecule has 0 aliphatic carbocycles. The van der Waals surface area contributed by atoms with Crippen molar-refractivity contribution in [3.05, 3.63) is 57.6 Å². The molecule has 2 rings (SSSR count). The quantitative estimate of drug-likeness (QED) is 0.556. The molecule has 1 N–H and O–H groups in total. The van der Waals surface area contributed by atoms with E-state index < -0.39 is 27.4 Å². The lowest BCUT2D eigenvalue weighted by atomic mass is 10.1. The Morgan fingerprint density at radius 3 is 2.36 bits per heavy atom. The minimum Gasteiger partial charge on any atom is -0.495 e. The van der Waals surface area contributed by atoms with E-state index in [1.165, 1.54) is 14.2 Å². The minimum atomic E-state index is -4.11. The highest BCUT2D eigenvalue weighted by Crippen LogP contribution is 2.30. The van der Waals surface area contributed by atoms with Gasteiger partial charge in [0, 0.05) is 18.8 Å². The van der Waals surface area contributed by atoms with Gasteiger partial charge in [-0.3, -0.25) is 14.9 Å². The molecule has 0 radical (unpaired) electrons. The normalized spacial score (nSPS) is 11.3. The number of para-hydroxylation sites is 1. The molecular weight excluding hydrogens is 386 g/mol. The third-order valence-corrected chi connectivity index (χ3v) is 6.00. The SMILES string of the molecule is COc1cc([N+](=O)[O-])ccc1S(=O)(=O)N(C)CC(=O)Nc1c(C)cccc1C. The summed E-state index contributed by atoms with van der Waals surface area (Å²) in [5.41, 5.74) is 2.05. The average Bonchev–Trinajstić information content (AvgIpc) is 2.64. The van der Waals surface area contributed by atoms with Gasteiger partial charge in [0.25, 0.3) is 5.69 Å². The number of methoxy groups -OCH3 is 1. The number of benzene rings is 2. The Kier molecular flexibility index (Phi) is 6.37. The van der Waals surface area contributed by atoms with E-state index >= 15 is 0 Å². The van der Waals surface area contributed by atoms with E-state index in [0.717, 1.165) is 33.6 Å². The fraction of sp³-hybridized carbons (Fsp3) is 0.278. The van der Waals surface area contributed by atoms with Crippen LogP contribution in [0.3, 0.4) is 0 Å². The molecule has 150 valence electrons. The van der Waals surface area contributed by atoms with E-state index in [4.69, 9.17) is 4.74 Å². The van der Waals surface area contributed by atoms with Gasteiger partial charge in [0.2, 0.25) is 15.9 Å². The highest BCUT2D eigenvalue weighted by molar-refractivity contribution is 7.89. The Balaban J connectivity index is 2.24. The number of hydrogen-bond acceptors (Lipinski definition) is 6. The standard InChI is InChI=1S/C18H21N3O6S/c1-12-6-5-7-13(2)18(12)19-17(22)11-20(3)28(25,26)16-9-8-14(21(23)24)10-15(16)27-4/h5-10H,11H2,1-4H3,(H,19,22). The van der Waals surface area contributed by atoms with Gasteiger partial charge in [0.05, 0.1) is 24.6 Å². The van der Waals surface area contributed by atoms with E-state index in [2.05, 4.69) is 5.32 Å². The molecule has 10 heteroatoms. The van der Waals surface area contributed by atoms with E-state index in [1.807, 2.05) is 32.0 Å². The van der Waals surface area contributed by atoms with E-state index in [-0.39, 0.29) is 16.3 Å². The predicted molar refractivity (Wildman–Crippen MR) is 104 cm³/mol. The van der Waals surface area contributed by atoms with Crippen molar-refractivity contribution in [2.45, 2.75) is 18.7 Å². The molecule has 9 nitrogen and oxygen atoms in total. The van der Waals surface area contributed by atoms with Crippen molar-refractivity contribution in [1.29, 1.82) is 0 Å². The molecule has 0 spiro atoms. The number of anilines is 1. The van der Waals surface area contributed by atoms with Crippen molar-refractivity contribution in [1.82, 2.24) is 4.31 Å². The van der Waals surface area contributed by atoms with Crippen LogP contribution >= 0.6 is 0 Å². The zero-order valence-electron chi connectivity index (χ0n) is 15.9. The number of rotatable bonds is 7. The summed E-state index contributed by atoms with van der Waals surface area (Å²) in [5, 5.41) is 13.6. The summed E-state index contributed by atoms with van der Waals surface area (Å²) < 4.78 is 31.5. The Bertz CT molecular complexity index is 1000. The number of nitro benzene ring substituents is 1. The molecule has 0 unspecified atom stereocenters. The Hall–Kier alpha value is -2.98. The van der Waals surface area contributed by atoms with Crippen LogP contribution in [0.1, 0.15) is 11.1 Å². The molecule has 0 aliphatic heterocycles. The molecule has 0 aliphatic rings. The zero-order chi connectivity index (χ0) is 21.1. The van der Waals surface area contributed by atoms with Crippen LogP contribution in [0.15, 0.2) is 41.3 Å². The number of likely N-dealkylation sites (N-methyl/N-ethyl adjacent to an activating group) is 1. The summed E-state index contributed by atoms with van der Waals surface area (Å²) in [4.78, 5) is 22.3. The van der Waals surface area contributed by atoms with Crippen LogP contribution in [0.5, 0.6) is 5.75 Å². The highest BCUT2D eigenvalue weighted by atomic mass is 32.2. The van der Waals surface area contributed by atoms with Gasteiger partial charge in [-0.1, -0.05) is 18.2 Å². The molecule has 28 heavy (non-hydrogen) atoms. The molecular formula is C18H21N3O6S. The van der Waals surface area contributed by atoms with Gasteiger partial charge in [0.1, 0.15) is 10.6 Å². The summed E-state index contributed by atoms with van der Waals surface area (Å²) in [6.45, 7) is 3.24. The van der Waals surface area contributed by atoms with E-state index in [1.54, 1.807) is 0 Å². The summed E-state index contributed by atoms with van der Waals surface area (Å²) >= 11 is 0. The number of hydrogen-bond donors (Lipinski definition) is 1. The monoisotopic (exact) mass is 407 g/mol. The molecule has 0 saturated carbocycles. The second-order valence-corrected chi connectivity index (χ2v) is 8.18. The number of nitrogens with one attached hydrogen (secondary N) is 1. The number of ether oxygens (including phenoxy) is 1. The maximum Gasteiger partial charge on any atom is 0.273 e. The summed E-state index contributed by atoms with van der Waals surface area (Å²) in [5.74, 6) is -0.680. The lowest BCUT2D eigenvalue weighted by Crippen LogP contribution is -2.35. The van der Waals surface area contributed by atoms with Crippen LogP contribution in [0.4, 0.5) is 11.4 Å². The number of carbonyl (C=O) groups excluding carboxylic acids is 1. The average molecular weight is 407 g/mol. The first kappa shape index (κ1) is 21.3. The smallest absolute Gasteiger partial charge is 0.273 e. The third kappa shape index (κ3) is 4.46. The van der Waals surface area contributed by atoms with Crippen molar-refractivity contribution >= 4 is 27.3 Å². The molecule has 0 aromatic heterocycles. The fourth-order valence-corrected chi connectivity index (χ4v) is 3.89. The van der Waals surface area contributed by atoms with Crippen LogP contribution in [0.25, 0.3) is 0 Å². The van der Waals surface area contributed by atoms with Crippen LogP contribution in [0.2, 0.25) is 0 Å². The minimum absolute atomic E-state index is 0.170. The number of non-ortho nitro benzene ring substituents is 1. The van der Waals surface area contributed by atoms with Gasteiger partial charge >= 0.3 is 0 Å².